The molecule has 0 aromatic carbocycles. The highest BCUT2D eigenvalue weighted by Crippen LogP contribution is 2.24. The predicted molar refractivity (Wildman–Crippen MR) is 115 cm³/mol. The van der Waals surface area contributed by atoms with Crippen molar-refractivity contribution in [1.29, 1.82) is 0 Å². The summed E-state index contributed by atoms with van der Waals surface area (Å²) in [5.41, 5.74) is 3.04. The van der Waals surface area contributed by atoms with Gasteiger partial charge in [0.15, 0.2) is 0 Å². The van der Waals surface area contributed by atoms with Gasteiger partial charge in [0.05, 0.1) is 11.4 Å². The molecule has 2 amide bonds. The summed E-state index contributed by atoms with van der Waals surface area (Å²) in [5, 5.41) is 5.79. The second-order valence-corrected chi connectivity index (χ2v) is 9.73. The maximum Gasteiger partial charge on any atom is 0.320 e. The van der Waals surface area contributed by atoms with Crippen molar-refractivity contribution in [2.75, 3.05) is 18.8 Å². The molecule has 0 spiro atoms. The summed E-state index contributed by atoms with van der Waals surface area (Å²) in [6.45, 7) is 4.78. The van der Waals surface area contributed by atoms with Crippen LogP contribution in [0.3, 0.4) is 0 Å². The number of aromatic nitrogens is 1. The Kier molecular flexibility index (Phi) is 7.13. The molecule has 1 fully saturated rings. The topological polar surface area (TPSA) is 107 Å². The lowest BCUT2D eigenvalue weighted by molar-refractivity contribution is 0.239. The molecular formula is C20H31N5O3S. The van der Waals surface area contributed by atoms with Gasteiger partial charge in [-0.2, -0.15) is 4.31 Å². The lowest BCUT2D eigenvalue weighted by Crippen LogP contribution is -2.49. The van der Waals surface area contributed by atoms with Gasteiger partial charge in [-0.25, -0.2) is 18.2 Å². The first-order valence-corrected chi connectivity index (χ1v) is 12.0. The number of urea groups is 1. The van der Waals surface area contributed by atoms with Gasteiger partial charge in [0, 0.05) is 37.4 Å². The Bertz CT molecular complexity index is 888. The molecule has 0 bridgehead atoms. The molecule has 1 saturated heterocycles. The van der Waals surface area contributed by atoms with Crippen LogP contribution < -0.4 is 10.6 Å². The lowest BCUT2D eigenvalue weighted by Gasteiger charge is -2.24. The van der Waals surface area contributed by atoms with Crippen molar-refractivity contribution in [2.45, 2.75) is 58.4 Å². The Morgan fingerprint density at radius 1 is 1.34 bits per heavy atom. The van der Waals surface area contributed by atoms with Crippen LogP contribution in [0.4, 0.5) is 10.5 Å². The van der Waals surface area contributed by atoms with Crippen LogP contribution in [0.2, 0.25) is 0 Å². The largest absolute Gasteiger partial charge is 0.363 e. The van der Waals surface area contributed by atoms with Crippen LogP contribution in [-0.2, 0) is 16.4 Å². The Balaban J connectivity index is 1.66. The number of amides is 2. The Morgan fingerprint density at radius 2 is 2.17 bits per heavy atom. The van der Waals surface area contributed by atoms with E-state index in [0.29, 0.717) is 25.3 Å². The standard InChI is InChI=1S/C20H31N5O3S/c1-3-11-29(27,28)25-10-6-5-7-16(14-25)22-20(26)24-19-13-15(4-2)12-18-17(23-19)8-9-21-18/h8-9,13,16,21H,3-7,10-12,14H2,1-2H3,(H2,22,23,24,26). The summed E-state index contributed by atoms with van der Waals surface area (Å²) in [4.78, 5) is 20.4. The number of hydrogen-bond acceptors (Lipinski definition) is 4. The van der Waals surface area contributed by atoms with E-state index in [4.69, 9.17) is 0 Å². The number of carbonyl (C=O) groups excluding carboxylic acids is 1. The summed E-state index contributed by atoms with van der Waals surface area (Å²) in [7, 11) is -3.27. The molecule has 2 aliphatic heterocycles. The molecule has 1 unspecified atom stereocenters. The highest BCUT2D eigenvalue weighted by molar-refractivity contribution is 7.89. The molecule has 2 aliphatic rings. The molecule has 1 aromatic rings. The van der Waals surface area contributed by atoms with Gasteiger partial charge < -0.3 is 10.3 Å². The second kappa shape index (κ2) is 9.58. The van der Waals surface area contributed by atoms with Crippen LogP contribution in [-0.4, -0.2) is 54.5 Å². The minimum absolute atomic E-state index is 0.145. The number of sulfonamides is 1. The van der Waals surface area contributed by atoms with Gasteiger partial charge in [-0.15, -0.1) is 0 Å². The quantitative estimate of drug-likeness (QED) is 0.680. The van der Waals surface area contributed by atoms with E-state index in [0.717, 1.165) is 43.5 Å². The van der Waals surface area contributed by atoms with Crippen LogP contribution >= 0.6 is 0 Å². The number of carbonyl (C=O) groups is 1. The molecule has 3 heterocycles. The number of nitrogens with zero attached hydrogens (tertiary/aromatic N) is 2. The number of amidine groups is 1. The van der Waals surface area contributed by atoms with Crippen molar-refractivity contribution in [3.63, 3.8) is 0 Å². The average molecular weight is 422 g/mol. The van der Waals surface area contributed by atoms with E-state index in [1.165, 1.54) is 9.88 Å². The first-order chi connectivity index (χ1) is 13.9. The number of aromatic amines is 1. The molecule has 3 N–H and O–H groups in total. The van der Waals surface area contributed by atoms with Crippen molar-refractivity contribution in [3.8, 4) is 0 Å². The number of allylic oxidation sites excluding steroid dienone is 1. The summed E-state index contributed by atoms with van der Waals surface area (Å²) in [5.74, 6) is 0.647. The van der Waals surface area contributed by atoms with Gasteiger partial charge in [0.25, 0.3) is 0 Å². The first-order valence-electron chi connectivity index (χ1n) is 10.4. The van der Waals surface area contributed by atoms with Crippen LogP contribution in [0, 0.1) is 0 Å². The van der Waals surface area contributed by atoms with E-state index >= 15 is 0 Å². The number of fused-ring (bicyclic) bond motifs is 1. The highest BCUT2D eigenvalue weighted by atomic mass is 32.2. The number of aliphatic imine (C=N–C) groups is 1. The van der Waals surface area contributed by atoms with Gasteiger partial charge in [-0.05, 0) is 37.8 Å². The minimum atomic E-state index is -3.27. The number of nitrogens with one attached hydrogen (secondary N) is 3. The van der Waals surface area contributed by atoms with Crippen molar-refractivity contribution in [1.82, 2.24) is 19.9 Å². The normalized spacial score (nSPS) is 20.7. The molecule has 3 rings (SSSR count). The monoisotopic (exact) mass is 421 g/mol. The fraction of sp³-hybridized carbons (Fsp3) is 0.600. The molecule has 9 heteroatoms. The molecule has 1 aromatic heterocycles. The third kappa shape index (κ3) is 5.70. The Hall–Kier alpha value is -2.13. The zero-order valence-electron chi connectivity index (χ0n) is 17.2. The number of H-pyrrole nitrogens is 1. The zero-order chi connectivity index (χ0) is 20.9. The van der Waals surface area contributed by atoms with Gasteiger partial charge >= 0.3 is 6.03 Å². The number of rotatable bonds is 5. The van der Waals surface area contributed by atoms with Crippen molar-refractivity contribution >= 4 is 27.6 Å². The van der Waals surface area contributed by atoms with E-state index in [1.54, 1.807) is 0 Å². The van der Waals surface area contributed by atoms with Crippen LogP contribution in [0.15, 0.2) is 28.9 Å². The molecule has 160 valence electrons. The van der Waals surface area contributed by atoms with Gasteiger partial charge in [-0.1, -0.05) is 25.8 Å². The Labute approximate surface area is 172 Å². The molecule has 8 nitrogen and oxygen atoms in total. The van der Waals surface area contributed by atoms with E-state index < -0.39 is 10.0 Å². The zero-order valence-corrected chi connectivity index (χ0v) is 18.0. The average Bonchev–Trinajstić information content (AvgIpc) is 2.87. The summed E-state index contributed by atoms with van der Waals surface area (Å²) in [6, 6.07) is 1.32. The van der Waals surface area contributed by atoms with Crippen LogP contribution in [0.1, 0.15) is 51.6 Å². The third-order valence-electron chi connectivity index (χ3n) is 5.31. The van der Waals surface area contributed by atoms with E-state index in [2.05, 4.69) is 27.5 Å². The molecular weight excluding hydrogens is 390 g/mol. The molecule has 0 saturated carbocycles. The summed E-state index contributed by atoms with van der Waals surface area (Å²) in [6.07, 6.45) is 8.46. The predicted octanol–water partition coefficient (Wildman–Crippen LogP) is 2.83. The minimum Gasteiger partial charge on any atom is -0.363 e. The highest BCUT2D eigenvalue weighted by Gasteiger charge is 2.27. The van der Waals surface area contributed by atoms with Crippen molar-refractivity contribution < 1.29 is 13.2 Å². The molecule has 0 aliphatic carbocycles. The summed E-state index contributed by atoms with van der Waals surface area (Å²) < 4.78 is 26.4. The fourth-order valence-electron chi connectivity index (χ4n) is 3.77. The van der Waals surface area contributed by atoms with Crippen molar-refractivity contribution in [2.24, 2.45) is 4.99 Å². The Morgan fingerprint density at radius 3 is 2.93 bits per heavy atom. The fourth-order valence-corrected chi connectivity index (χ4v) is 5.36. The second-order valence-electron chi connectivity index (χ2n) is 7.64. The van der Waals surface area contributed by atoms with Crippen LogP contribution in [0.5, 0.6) is 0 Å². The molecule has 29 heavy (non-hydrogen) atoms. The summed E-state index contributed by atoms with van der Waals surface area (Å²) >= 11 is 0. The van der Waals surface area contributed by atoms with Crippen molar-refractivity contribution in [3.05, 3.63) is 29.6 Å². The van der Waals surface area contributed by atoms with Gasteiger partial charge in [0.2, 0.25) is 10.0 Å². The van der Waals surface area contributed by atoms with E-state index in [-0.39, 0.29) is 17.8 Å². The third-order valence-corrected chi connectivity index (χ3v) is 7.36. The van der Waals surface area contributed by atoms with Gasteiger partial charge in [-0.3, -0.25) is 5.32 Å². The maximum absolute atomic E-state index is 12.6. The van der Waals surface area contributed by atoms with E-state index in [9.17, 15) is 13.2 Å². The molecule has 1 atom stereocenters. The van der Waals surface area contributed by atoms with E-state index in [1.807, 2.05) is 25.3 Å². The first kappa shape index (κ1) is 21.6. The van der Waals surface area contributed by atoms with Gasteiger partial charge in [0.1, 0.15) is 5.84 Å². The lowest BCUT2D eigenvalue weighted by atomic mass is 10.1. The SMILES string of the molecule is CCCS(=O)(=O)N1CCCCC(NC(=O)NC2=Nc3cc[nH]c3CC(CC)=C2)C1. The smallest absolute Gasteiger partial charge is 0.320 e. The van der Waals surface area contributed by atoms with Crippen LogP contribution in [0.25, 0.3) is 0 Å². The number of hydrogen-bond donors (Lipinski definition) is 3. The maximum atomic E-state index is 12.6. The molecule has 0 radical (unpaired) electrons.